The highest BCUT2D eigenvalue weighted by Gasteiger charge is 2.41. The van der Waals surface area contributed by atoms with Crippen LogP contribution >= 0.6 is 0 Å². The Morgan fingerprint density at radius 1 is 1.62 bits per heavy atom. The van der Waals surface area contributed by atoms with Gasteiger partial charge in [0.05, 0.1) is 11.1 Å². The van der Waals surface area contributed by atoms with E-state index in [0.717, 1.165) is 37.3 Å². The van der Waals surface area contributed by atoms with Crippen molar-refractivity contribution in [1.82, 2.24) is 15.1 Å². The molecule has 0 radical (unpaired) electrons. The van der Waals surface area contributed by atoms with Crippen LogP contribution in [0.5, 0.6) is 0 Å². The number of allylic oxidation sites excluding steroid dienone is 1. The molecule has 1 aliphatic carbocycles. The molecule has 2 heterocycles. The summed E-state index contributed by atoms with van der Waals surface area (Å²) in [5.41, 5.74) is 1.59. The number of hydrogen-bond acceptors (Lipinski definition) is 3. The molecule has 1 atom stereocenters. The molecular formula is C16H23N3O2. The molecule has 1 saturated carbocycles. The normalized spacial score (nSPS) is 26.7. The molecular weight excluding hydrogens is 266 g/mol. The second kappa shape index (κ2) is 5.64. The lowest BCUT2D eigenvalue weighted by atomic mass is 9.77. The number of carboxylic acids is 1. The van der Waals surface area contributed by atoms with Crippen LogP contribution in [0.1, 0.15) is 49.4 Å². The Bertz CT molecular complexity index is 535. The summed E-state index contributed by atoms with van der Waals surface area (Å²) in [5, 5.41) is 17.1. The monoisotopic (exact) mass is 289 g/mol. The van der Waals surface area contributed by atoms with Crippen molar-refractivity contribution >= 4 is 5.97 Å². The third-order valence-electron chi connectivity index (χ3n) is 4.68. The first kappa shape index (κ1) is 14.3. The van der Waals surface area contributed by atoms with Crippen molar-refractivity contribution in [2.45, 2.75) is 44.6 Å². The topological polar surface area (TPSA) is 69.2 Å². The fourth-order valence-corrected chi connectivity index (χ4v) is 3.36. The molecule has 0 amide bonds. The number of hydrogen-bond donors (Lipinski definition) is 2. The number of aromatic amines is 1. The van der Waals surface area contributed by atoms with Gasteiger partial charge in [-0.1, -0.05) is 6.08 Å². The van der Waals surface area contributed by atoms with Gasteiger partial charge < -0.3 is 5.11 Å². The quantitative estimate of drug-likeness (QED) is 0.790. The van der Waals surface area contributed by atoms with Crippen molar-refractivity contribution in [3.05, 3.63) is 30.1 Å². The van der Waals surface area contributed by atoms with Crippen molar-refractivity contribution in [1.29, 1.82) is 0 Å². The summed E-state index contributed by atoms with van der Waals surface area (Å²) < 4.78 is 0. The molecule has 114 valence electrons. The molecule has 2 N–H and O–H groups in total. The zero-order chi connectivity index (χ0) is 14.9. The number of carboxylic acid groups (broad SMARTS) is 1. The largest absolute Gasteiger partial charge is 0.481 e. The number of aromatic nitrogens is 2. The molecule has 3 rings (SSSR count). The summed E-state index contributed by atoms with van der Waals surface area (Å²) in [6, 6.07) is 2.14. The minimum atomic E-state index is -0.699. The van der Waals surface area contributed by atoms with Crippen molar-refractivity contribution in [3.63, 3.8) is 0 Å². The van der Waals surface area contributed by atoms with Crippen LogP contribution in [0.3, 0.4) is 0 Å². The van der Waals surface area contributed by atoms with Crippen LogP contribution < -0.4 is 0 Å². The van der Waals surface area contributed by atoms with Gasteiger partial charge in [-0.2, -0.15) is 5.10 Å². The van der Waals surface area contributed by atoms with Gasteiger partial charge in [0.25, 0.3) is 0 Å². The number of piperidine rings is 1. The van der Waals surface area contributed by atoms with E-state index in [9.17, 15) is 9.90 Å². The number of carbonyl (C=O) groups is 1. The lowest BCUT2D eigenvalue weighted by Gasteiger charge is -2.39. The van der Waals surface area contributed by atoms with Gasteiger partial charge in [0.1, 0.15) is 0 Å². The second-order valence-corrected chi connectivity index (χ2v) is 6.48. The van der Waals surface area contributed by atoms with E-state index < -0.39 is 11.4 Å². The van der Waals surface area contributed by atoms with E-state index in [1.165, 1.54) is 12.8 Å². The Morgan fingerprint density at radius 2 is 2.43 bits per heavy atom. The van der Waals surface area contributed by atoms with Gasteiger partial charge in [0, 0.05) is 24.7 Å². The molecule has 1 unspecified atom stereocenters. The zero-order valence-corrected chi connectivity index (χ0v) is 12.3. The molecule has 0 spiro atoms. The lowest BCUT2D eigenvalue weighted by molar-refractivity contribution is -0.152. The predicted molar refractivity (Wildman–Crippen MR) is 80.0 cm³/mol. The van der Waals surface area contributed by atoms with Crippen LogP contribution in [-0.4, -0.2) is 39.3 Å². The number of likely N-dealkylation sites (tertiary alicyclic amines) is 1. The average Bonchev–Trinajstić information content (AvgIpc) is 3.20. The van der Waals surface area contributed by atoms with Crippen LogP contribution in [0.15, 0.2) is 18.7 Å². The molecule has 5 nitrogen and oxygen atoms in total. The van der Waals surface area contributed by atoms with Gasteiger partial charge in [0.15, 0.2) is 0 Å². The molecule has 21 heavy (non-hydrogen) atoms. The SMILES string of the molecule is C=CCC1(C(=O)O)CCCN(Cc2cc(C3CC3)n[nH]2)C1. The van der Waals surface area contributed by atoms with E-state index >= 15 is 0 Å². The average molecular weight is 289 g/mol. The molecule has 2 aliphatic rings. The highest BCUT2D eigenvalue weighted by atomic mass is 16.4. The summed E-state index contributed by atoms with van der Waals surface area (Å²) in [6.45, 7) is 6.02. The predicted octanol–water partition coefficient (Wildman–Crippen LogP) is 2.53. The van der Waals surface area contributed by atoms with Crippen molar-refractivity contribution in [3.8, 4) is 0 Å². The van der Waals surface area contributed by atoms with E-state index in [-0.39, 0.29) is 0 Å². The zero-order valence-electron chi connectivity index (χ0n) is 12.3. The van der Waals surface area contributed by atoms with Crippen LogP contribution in [-0.2, 0) is 11.3 Å². The van der Waals surface area contributed by atoms with E-state index in [4.69, 9.17) is 0 Å². The summed E-state index contributed by atoms with van der Waals surface area (Å²) in [6.07, 6.45) is 6.42. The standard InChI is InChI=1S/C16H23N3O2/c1-2-6-16(15(20)21)7-3-8-19(11-16)10-13-9-14(18-17-13)12-4-5-12/h2,9,12H,1,3-8,10-11H2,(H,17,18)(H,20,21). The van der Waals surface area contributed by atoms with Gasteiger partial charge in [-0.3, -0.25) is 14.8 Å². The molecule has 5 heteroatoms. The highest BCUT2D eigenvalue weighted by molar-refractivity contribution is 5.75. The minimum Gasteiger partial charge on any atom is -0.481 e. The summed E-state index contributed by atoms with van der Waals surface area (Å²) in [4.78, 5) is 13.9. The number of rotatable bonds is 6. The number of nitrogens with one attached hydrogen (secondary N) is 1. The fourth-order valence-electron chi connectivity index (χ4n) is 3.36. The fraction of sp³-hybridized carbons (Fsp3) is 0.625. The summed E-state index contributed by atoms with van der Waals surface area (Å²) in [7, 11) is 0. The van der Waals surface area contributed by atoms with E-state index in [1.807, 2.05) is 0 Å². The van der Waals surface area contributed by atoms with Crippen LogP contribution in [0.2, 0.25) is 0 Å². The van der Waals surface area contributed by atoms with E-state index in [2.05, 4.69) is 27.7 Å². The van der Waals surface area contributed by atoms with Crippen LogP contribution in [0, 0.1) is 5.41 Å². The summed E-state index contributed by atoms with van der Waals surface area (Å²) in [5.74, 6) is -0.0504. The molecule has 1 aromatic heterocycles. The third kappa shape index (κ3) is 3.02. The van der Waals surface area contributed by atoms with Gasteiger partial charge in [-0.25, -0.2) is 0 Å². The highest BCUT2D eigenvalue weighted by Crippen LogP contribution is 2.39. The molecule has 1 saturated heterocycles. The first-order chi connectivity index (χ1) is 10.1. The Labute approximate surface area is 125 Å². The van der Waals surface area contributed by atoms with Crippen molar-refractivity contribution < 1.29 is 9.90 Å². The number of nitrogens with zero attached hydrogens (tertiary/aromatic N) is 2. The first-order valence-electron chi connectivity index (χ1n) is 7.74. The molecule has 0 bridgehead atoms. The Hall–Kier alpha value is -1.62. The van der Waals surface area contributed by atoms with Gasteiger partial charge in [-0.15, -0.1) is 6.58 Å². The maximum atomic E-state index is 11.7. The Kier molecular flexibility index (Phi) is 3.85. The van der Waals surface area contributed by atoms with E-state index in [0.29, 0.717) is 18.9 Å². The first-order valence-corrected chi connectivity index (χ1v) is 7.74. The second-order valence-electron chi connectivity index (χ2n) is 6.48. The lowest BCUT2D eigenvalue weighted by Crippen LogP contribution is -2.47. The maximum absolute atomic E-state index is 11.7. The smallest absolute Gasteiger partial charge is 0.311 e. The van der Waals surface area contributed by atoms with Crippen LogP contribution in [0.25, 0.3) is 0 Å². The maximum Gasteiger partial charge on any atom is 0.311 e. The van der Waals surface area contributed by atoms with Crippen molar-refractivity contribution in [2.24, 2.45) is 5.41 Å². The molecule has 1 aromatic rings. The Morgan fingerprint density at radius 3 is 3.10 bits per heavy atom. The molecule has 2 fully saturated rings. The van der Waals surface area contributed by atoms with Crippen LogP contribution in [0.4, 0.5) is 0 Å². The molecule has 1 aliphatic heterocycles. The van der Waals surface area contributed by atoms with Gasteiger partial charge in [-0.05, 0) is 44.7 Å². The van der Waals surface area contributed by atoms with Crippen molar-refractivity contribution in [2.75, 3.05) is 13.1 Å². The van der Waals surface area contributed by atoms with Gasteiger partial charge >= 0.3 is 5.97 Å². The van der Waals surface area contributed by atoms with Gasteiger partial charge in [0.2, 0.25) is 0 Å². The summed E-state index contributed by atoms with van der Waals surface area (Å²) >= 11 is 0. The Balaban J connectivity index is 1.66. The number of H-pyrrole nitrogens is 1. The minimum absolute atomic E-state index is 0.537. The number of aliphatic carboxylic acids is 1. The molecule has 0 aromatic carbocycles. The third-order valence-corrected chi connectivity index (χ3v) is 4.68. The van der Waals surface area contributed by atoms with E-state index in [1.54, 1.807) is 6.08 Å².